The molecule has 1 N–H and O–H groups in total. The van der Waals surface area contributed by atoms with Crippen LogP contribution in [0.5, 0.6) is 5.75 Å². The Morgan fingerprint density at radius 2 is 2.04 bits per heavy atom. The zero-order valence-corrected chi connectivity index (χ0v) is 15.0. The molecule has 6 nitrogen and oxygen atoms in total. The maximum Gasteiger partial charge on any atom is 0.279 e. The largest absolute Gasteiger partial charge is 0.489 e. The number of ether oxygens (including phenoxy) is 1. The molecule has 1 saturated carbocycles. The van der Waals surface area contributed by atoms with E-state index in [4.69, 9.17) is 9.26 Å². The van der Waals surface area contributed by atoms with Gasteiger partial charge in [0.1, 0.15) is 5.76 Å². The number of hydrogen-bond acceptors (Lipinski definition) is 5. The first-order valence-electron chi connectivity index (χ1n) is 9.68. The smallest absolute Gasteiger partial charge is 0.279 e. The van der Waals surface area contributed by atoms with Crippen LogP contribution in [0.25, 0.3) is 0 Å². The monoisotopic (exact) mass is 355 g/mol. The Labute approximate surface area is 153 Å². The molecule has 0 unspecified atom stereocenters. The van der Waals surface area contributed by atoms with Gasteiger partial charge in [0.25, 0.3) is 5.91 Å². The summed E-state index contributed by atoms with van der Waals surface area (Å²) in [6.07, 6.45) is 11.8. The van der Waals surface area contributed by atoms with Gasteiger partial charge >= 0.3 is 0 Å². The Bertz CT molecular complexity index is 765. The molecule has 138 valence electrons. The van der Waals surface area contributed by atoms with Crippen LogP contribution in [0.2, 0.25) is 0 Å². The fraction of sp³-hybridized carbons (Fsp3) is 0.550. The molecule has 0 aromatic carbocycles. The van der Waals surface area contributed by atoms with Crippen LogP contribution in [0.15, 0.2) is 22.9 Å². The standard InChI is InChI=1S/C20H25N3O3/c24-20(18-15-9-4-5-10-16(15)26-23-18)22-19-17(11-6-12-21-19)25-13-14-7-2-1-3-8-14/h6,11-12,14H,1-5,7-10,13H2,(H,21,22,24). The van der Waals surface area contributed by atoms with Crippen LogP contribution >= 0.6 is 0 Å². The third-order valence-corrected chi connectivity index (χ3v) is 5.37. The van der Waals surface area contributed by atoms with Gasteiger partial charge in [-0.2, -0.15) is 0 Å². The number of fused-ring (bicyclic) bond motifs is 1. The van der Waals surface area contributed by atoms with Crippen molar-refractivity contribution in [3.05, 3.63) is 35.3 Å². The lowest BCUT2D eigenvalue weighted by atomic mass is 9.90. The minimum absolute atomic E-state index is 0.280. The van der Waals surface area contributed by atoms with Crippen molar-refractivity contribution in [2.24, 2.45) is 5.92 Å². The first-order valence-corrected chi connectivity index (χ1v) is 9.68. The molecule has 2 aromatic heterocycles. The van der Waals surface area contributed by atoms with Gasteiger partial charge in [0, 0.05) is 18.2 Å². The summed E-state index contributed by atoms with van der Waals surface area (Å²) in [6, 6.07) is 3.67. The van der Waals surface area contributed by atoms with Crippen LogP contribution in [0.1, 0.15) is 66.8 Å². The van der Waals surface area contributed by atoms with Crippen LogP contribution in [0, 0.1) is 5.92 Å². The van der Waals surface area contributed by atoms with E-state index in [0.717, 1.165) is 37.0 Å². The maximum atomic E-state index is 12.7. The molecule has 2 heterocycles. The van der Waals surface area contributed by atoms with E-state index in [1.807, 2.05) is 12.1 Å². The second-order valence-electron chi connectivity index (χ2n) is 7.26. The molecule has 0 radical (unpaired) electrons. The summed E-state index contributed by atoms with van der Waals surface area (Å²) < 4.78 is 11.3. The van der Waals surface area contributed by atoms with Crippen LogP contribution in [0.3, 0.4) is 0 Å². The summed E-state index contributed by atoms with van der Waals surface area (Å²) in [6.45, 7) is 0.675. The third kappa shape index (κ3) is 3.74. The fourth-order valence-electron chi connectivity index (χ4n) is 3.89. The van der Waals surface area contributed by atoms with E-state index < -0.39 is 0 Å². The van der Waals surface area contributed by atoms with E-state index in [2.05, 4.69) is 15.5 Å². The van der Waals surface area contributed by atoms with Gasteiger partial charge in [0.15, 0.2) is 17.3 Å². The topological polar surface area (TPSA) is 77.2 Å². The van der Waals surface area contributed by atoms with Gasteiger partial charge in [-0.15, -0.1) is 0 Å². The Kier molecular flexibility index (Phi) is 5.18. The van der Waals surface area contributed by atoms with E-state index in [1.165, 1.54) is 32.1 Å². The van der Waals surface area contributed by atoms with E-state index in [1.54, 1.807) is 6.20 Å². The van der Waals surface area contributed by atoms with Crippen molar-refractivity contribution >= 4 is 11.7 Å². The van der Waals surface area contributed by atoms with Gasteiger partial charge in [0.2, 0.25) is 0 Å². The molecule has 4 rings (SSSR count). The molecule has 2 aliphatic carbocycles. The molecule has 1 amide bonds. The van der Waals surface area contributed by atoms with Crippen molar-refractivity contribution in [1.82, 2.24) is 10.1 Å². The summed E-state index contributed by atoms with van der Waals surface area (Å²) in [5.74, 6) is 2.22. The third-order valence-electron chi connectivity index (χ3n) is 5.37. The van der Waals surface area contributed by atoms with Gasteiger partial charge in [-0.3, -0.25) is 4.79 Å². The number of rotatable bonds is 5. The lowest BCUT2D eigenvalue weighted by Gasteiger charge is -2.22. The SMILES string of the molecule is O=C(Nc1ncccc1OCC1CCCCC1)c1noc2c1CCCC2. The summed E-state index contributed by atoms with van der Waals surface area (Å²) in [7, 11) is 0. The van der Waals surface area contributed by atoms with Crippen LogP contribution < -0.4 is 10.1 Å². The molecule has 26 heavy (non-hydrogen) atoms. The number of aromatic nitrogens is 2. The average Bonchev–Trinajstić information content (AvgIpc) is 3.12. The van der Waals surface area contributed by atoms with Crippen molar-refractivity contribution in [2.75, 3.05) is 11.9 Å². The lowest BCUT2D eigenvalue weighted by molar-refractivity contribution is 0.101. The molecule has 1 fully saturated rings. The first kappa shape index (κ1) is 17.1. The number of nitrogens with one attached hydrogen (secondary N) is 1. The molecular weight excluding hydrogens is 330 g/mol. The van der Waals surface area contributed by atoms with Crippen molar-refractivity contribution in [1.29, 1.82) is 0 Å². The summed E-state index contributed by atoms with van der Waals surface area (Å²) in [5, 5.41) is 6.84. The highest BCUT2D eigenvalue weighted by atomic mass is 16.5. The minimum atomic E-state index is -0.280. The molecule has 6 heteroatoms. The lowest BCUT2D eigenvalue weighted by Crippen LogP contribution is -2.19. The Hall–Kier alpha value is -2.37. The highest BCUT2D eigenvalue weighted by Crippen LogP contribution is 2.28. The highest BCUT2D eigenvalue weighted by molar-refractivity contribution is 6.04. The highest BCUT2D eigenvalue weighted by Gasteiger charge is 2.25. The van der Waals surface area contributed by atoms with E-state index in [-0.39, 0.29) is 5.91 Å². The number of carbonyl (C=O) groups excluding carboxylic acids is 1. The number of anilines is 1. The predicted octanol–water partition coefficient (Wildman–Crippen LogP) is 4.16. The number of nitrogens with zero attached hydrogens (tertiary/aromatic N) is 2. The molecular formula is C20H25N3O3. The minimum Gasteiger partial charge on any atom is -0.489 e. The predicted molar refractivity (Wildman–Crippen MR) is 97.4 cm³/mol. The zero-order chi connectivity index (χ0) is 17.8. The summed E-state index contributed by atoms with van der Waals surface area (Å²) in [4.78, 5) is 17.0. The van der Waals surface area contributed by atoms with Gasteiger partial charge < -0.3 is 14.6 Å². The van der Waals surface area contributed by atoms with E-state index in [9.17, 15) is 4.79 Å². The van der Waals surface area contributed by atoms with Crippen molar-refractivity contribution in [2.45, 2.75) is 57.8 Å². The van der Waals surface area contributed by atoms with Crippen LogP contribution in [-0.2, 0) is 12.8 Å². The summed E-state index contributed by atoms with van der Waals surface area (Å²) in [5.41, 5.74) is 1.32. The maximum absolute atomic E-state index is 12.7. The zero-order valence-electron chi connectivity index (χ0n) is 15.0. The Morgan fingerprint density at radius 1 is 1.19 bits per heavy atom. The number of hydrogen-bond donors (Lipinski definition) is 1. The second kappa shape index (κ2) is 7.89. The molecule has 2 aromatic rings. The van der Waals surface area contributed by atoms with Crippen LogP contribution in [-0.4, -0.2) is 22.7 Å². The molecule has 0 bridgehead atoms. The van der Waals surface area contributed by atoms with Gasteiger partial charge in [-0.05, 0) is 50.2 Å². The molecule has 0 spiro atoms. The van der Waals surface area contributed by atoms with E-state index >= 15 is 0 Å². The Morgan fingerprint density at radius 3 is 2.92 bits per heavy atom. The average molecular weight is 355 g/mol. The van der Waals surface area contributed by atoms with E-state index in [0.29, 0.717) is 29.8 Å². The number of pyridine rings is 1. The normalized spacial score (nSPS) is 17.5. The Balaban J connectivity index is 1.44. The van der Waals surface area contributed by atoms with Crippen molar-refractivity contribution in [3.8, 4) is 5.75 Å². The number of aryl methyl sites for hydroxylation is 1. The fourth-order valence-corrected chi connectivity index (χ4v) is 3.89. The second-order valence-corrected chi connectivity index (χ2v) is 7.26. The number of amides is 1. The molecule has 0 atom stereocenters. The molecule has 0 saturated heterocycles. The number of carbonyl (C=O) groups is 1. The molecule has 0 aliphatic heterocycles. The van der Waals surface area contributed by atoms with Crippen molar-refractivity contribution < 1.29 is 14.1 Å². The van der Waals surface area contributed by atoms with Gasteiger partial charge in [-0.25, -0.2) is 4.98 Å². The van der Waals surface area contributed by atoms with Gasteiger partial charge in [-0.1, -0.05) is 24.4 Å². The quantitative estimate of drug-likeness (QED) is 0.871. The van der Waals surface area contributed by atoms with Gasteiger partial charge in [0.05, 0.1) is 6.61 Å². The van der Waals surface area contributed by atoms with Crippen molar-refractivity contribution in [3.63, 3.8) is 0 Å². The van der Waals surface area contributed by atoms with Crippen LogP contribution in [0.4, 0.5) is 5.82 Å². The first-order chi connectivity index (χ1) is 12.8. The molecule has 2 aliphatic rings. The summed E-state index contributed by atoms with van der Waals surface area (Å²) >= 11 is 0.